The lowest BCUT2D eigenvalue weighted by Crippen LogP contribution is -2.49. The first-order chi connectivity index (χ1) is 21.3. The van der Waals surface area contributed by atoms with Gasteiger partial charge in [0.2, 0.25) is 0 Å². The summed E-state index contributed by atoms with van der Waals surface area (Å²) in [6.07, 6.45) is 4.50. The summed E-state index contributed by atoms with van der Waals surface area (Å²) in [5.74, 6) is -1.07. The number of ether oxygens (including phenoxy) is 1. The normalized spacial score (nSPS) is 15.8. The minimum absolute atomic E-state index is 0.00888. The summed E-state index contributed by atoms with van der Waals surface area (Å²) in [4.78, 5) is 30.4. The molecule has 2 aromatic carbocycles. The van der Waals surface area contributed by atoms with Gasteiger partial charge in [-0.15, -0.1) is 0 Å². The summed E-state index contributed by atoms with van der Waals surface area (Å²) in [5.41, 5.74) is 15.9. The van der Waals surface area contributed by atoms with Crippen LogP contribution < -0.4 is 37.5 Å². The number of anilines is 3. The van der Waals surface area contributed by atoms with Crippen molar-refractivity contribution in [2.24, 2.45) is 16.6 Å². The average molecular weight is 638 g/mol. The fourth-order valence-electron chi connectivity index (χ4n) is 4.88. The smallest absolute Gasteiger partial charge is 0.303 e. The molecule has 0 saturated carbocycles. The summed E-state index contributed by atoms with van der Waals surface area (Å²) < 4.78 is 40.0. The van der Waals surface area contributed by atoms with Crippen molar-refractivity contribution in [3.05, 3.63) is 76.1 Å². The van der Waals surface area contributed by atoms with E-state index in [0.29, 0.717) is 53.2 Å². The Morgan fingerprint density at radius 1 is 1.13 bits per heavy atom. The second-order valence-electron chi connectivity index (χ2n) is 10.7. The number of benzene rings is 2. The Morgan fingerprint density at radius 2 is 1.84 bits per heavy atom. The molecule has 0 fully saturated rings. The van der Waals surface area contributed by atoms with Gasteiger partial charge in [0.25, 0.3) is 11.8 Å². The Balaban J connectivity index is 1.64. The van der Waals surface area contributed by atoms with Crippen molar-refractivity contribution < 1.29 is 27.2 Å². The second kappa shape index (κ2) is 13.9. The van der Waals surface area contributed by atoms with Gasteiger partial charge in [0, 0.05) is 66.9 Å². The summed E-state index contributed by atoms with van der Waals surface area (Å²) in [6, 6.07) is 10.5. The Morgan fingerprint density at radius 3 is 2.49 bits per heavy atom. The van der Waals surface area contributed by atoms with Crippen LogP contribution in [0.4, 0.5) is 17.1 Å². The first-order valence-corrected chi connectivity index (χ1v) is 15.8. The second-order valence-corrected chi connectivity index (χ2v) is 12.6. The quantitative estimate of drug-likeness (QED) is 0.117. The third kappa shape index (κ3) is 7.83. The topological polar surface area (TPSA) is 194 Å². The lowest BCUT2D eigenvalue weighted by Gasteiger charge is -2.26. The highest BCUT2D eigenvalue weighted by Crippen LogP contribution is 2.24. The molecule has 1 aliphatic carbocycles. The van der Waals surface area contributed by atoms with Crippen LogP contribution in [-0.2, 0) is 19.7 Å². The number of nitrogen functional groups attached to an aromatic ring is 1. The standard InChI is InChI=1S/C31H39N7O6S/c1-6-43-26-12-9-20(15-25-18(2)17-44-28(25)26)27(31(40)37-45(41,42)38(4)5)35-23-10-7-19(8-11-23)29(33)36-30(39)21-13-22(32)16-24(14-21)34-3/h7-8,10-11,13-17,20,27,34-35H,6,9,12,32H2,1-5H3,(H,37,40)(H2,33,36,39). The van der Waals surface area contributed by atoms with Gasteiger partial charge in [-0.05, 0) is 68.3 Å². The Kier molecular flexibility index (Phi) is 10.2. The molecule has 0 bridgehead atoms. The van der Waals surface area contributed by atoms with E-state index in [9.17, 15) is 18.0 Å². The van der Waals surface area contributed by atoms with E-state index in [2.05, 4.69) is 20.3 Å². The lowest BCUT2D eigenvalue weighted by atomic mass is 9.93. The molecule has 13 nitrogen and oxygen atoms in total. The van der Waals surface area contributed by atoms with E-state index in [4.69, 9.17) is 20.6 Å². The molecule has 0 spiro atoms. The lowest BCUT2D eigenvalue weighted by molar-refractivity contribution is -0.120. The van der Waals surface area contributed by atoms with E-state index in [0.717, 1.165) is 15.1 Å². The molecule has 14 heteroatoms. The highest BCUT2D eigenvalue weighted by molar-refractivity contribution is 7.87. The summed E-state index contributed by atoms with van der Waals surface area (Å²) >= 11 is 0. The Hall–Kier alpha value is -4.82. The fourth-order valence-corrected chi connectivity index (χ4v) is 5.45. The first-order valence-electron chi connectivity index (χ1n) is 14.3. The van der Waals surface area contributed by atoms with E-state index in [1.165, 1.54) is 20.2 Å². The number of aliphatic imine (C=N–C) groups is 1. The molecule has 7 N–H and O–H groups in total. The van der Waals surface area contributed by atoms with Crippen LogP contribution in [0.5, 0.6) is 0 Å². The molecule has 0 radical (unpaired) electrons. The van der Waals surface area contributed by atoms with Crippen LogP contribution in [0.2, 0.25) is 0 Å². The van der Waals surface area contributed by atoms with Gasteiger partial charge in [0.05, 0.1) is 12.9 Å². The Labute approximate surface area is 262 Å². The monoisotopic (exact) mass is 637 g/mol. The van der Waals surface area contributed by atoms with E-state index >= 15 is 0 Å². The number of carbonyl (C=O) groups is 2. The number of nitrogens with zero attached hydrogens (tertiary/aromatic N) is 2. The van der Waals surface area contributed by atoms with E-state index in [-0.39, 0.29) is 11.4 Å². The van der Waals surface area contributed by atoms with Gasteiger partial charge in [-0.3, -0.25) is 9.59 Å². The van der Waals surface area contributed by atoms with Gasteiger partial charge < -0.3 is 31.3 Å². The van der Waals surface area contributed by atoms with Crippen molar-refractivity contribution in [2.75, 3.05) is 44.1 Å². The van der Waals surface area contributed by atoms with Crippen molar-refractivity contribution >= 4 is 56.8 Å². The largest absolute Gasteiger partial charge is 0.494 e. The Bertz CT molecular complexity index is 1830. The van der Waals surface area contributed by atoms with Gasteiger partial charge in [-0.2, -0.15) is 17.7 Å². The van der Waals surface area contributed by atoms with Crippen LogP contribution in [0, 0.1) is 12.8 Å². The highest BCUT2D eigenvalue weighted by Gasteiger charge is 2.32. The molecule has 2 unspecified atom stereocenters. The number of hydrogen-bond acceptors (Lipinski definition) is 9. The number of aryl methyl sites for hydroxylation is 1. The fraction of sp³-hybridized carbons (Fsp3) is 0.323. The molecule has 1 aliphatic rings. The maximum atomic E-state index is 13.6. The highest BCUT2D eigenvalue weighted by atomic mass is 32.2. The van der Waals surface area contributed by atoms with E-state index < -0.39 is 34.0 Å². The predicted octanol–water partition coefficient (Wildman–Crippen LogP) is 1.50. The molecular weight excluding hydrogens is 598 g/mol. The maximum Gasteiger partial charge on any atom is 0.303 e. The number of nitrogens with two attached hydrogens (primary N) is 2. The number of nitrogens with one attached hydrogen (secondary N) is 3. The molecule has 240 valence electrons. The van der Waals surface area contributed by atoms with Crippen LogP contribution in [0.1, 0.15) is 41.3 Å². The van der Waals surface area contributed by atoms with Crippen molar-refractivity contribution in [1.82, 2.24) is 9.03 Å². The van der Waals surface area contributed by atoms with Crippen molar-refractivity contribution in [3.8, 4) is 0 Å². The first kappa shape index (κ1) is 33.1. The number of furan rings is 1. The molecule has 45 heavy (non-hydrogen) atoms. The molecule has 0 aliphatic heterocycles. The van der Waals surface area contributed by atoms with Crippen LogP contribution in [0.15, 0.2) is 58.1 Å². The molecular formula is C31H39N7O6S. The zero-order valence-corrected chi connectivity index (χ0v) is 26.7. The maximum absolute atomic E-state index is 13.6. The van der Waals surface area contributed by atoms with E-state index in [1.807, 2.05) is 19.9 Å². The number of fused-ring (bicyclic) bond motifs is 1. The van der Waals surface area contributed by atoms with Gasteiger partial charge in [-0.25, -0.2) is 4.72 Å². The minimum Gasteiger partial charge on any atom is -0.494 e. The van der Waals surface area contributed by atoms with Gasteiger partial charge in [0.1, 0.15) is 17.6 Å². The summed E-state index contributed by atoms with van der Waals surface area (Å²) in [5, 5.41) is 6.94. The van der Waals surface area contributed by atoms with Gasteiger partial charge in [-0.1, -0.05) is 6.08 Å². The number of rotatable bonds is 11. The van der Waals surface area contributed by atoms with Crippen LogP contribution in [0.3, 0.4) is 0 Å². The minimum atomic E-state index is -4.06. The van der Waals surface area contributed by atoms with Crippen LogP contribution in [-0.4, -0.2) is 64.2 Å². The van der Waals surface area contributed by atoms with E-state index in [1.54, 1.807) is 49.7 Å². The van der Waals surface area contributed by atoms with Gasteiger partial charge >= 0.3 is 10.2 Å². The molecule has 4 rings (SSSR count). The molecule has 1 aromatic heterocycles. The van der Waals surface area contributed by atoms with Gasteiger partial charge in [0.15, 0.2) is 5.42 Å². The number of carbonyl (C=O) groups excluding carboxylic acids is 2. The molecule has 2 amide bonds. The number of hydrogen-bond donors (Lipinski definition) is 5. The molecule has 2 atom stereocenters. The van der Waals surface area contributed by atoms with Crippen molar-refractivity contribution in [2.45, 2.75) is 32.7 Å². The zero-order valence-electron chi connectivity index (χ0n) is 25.9. The zero-order chi connectivity index (χ0) is 32.9. The average Bonchev–Trinajstić information content (AvgIpc) is 3.25. The third-order valence-corrected chi connectivity index (χ3v) is 8.74. The molecule has 1 heterocycles. The van der Waals surface area contributed by atoms with Crippen molar-refractivity contribution in [1.29, 1.82) is 0 Å². The SMILES string of the molecule is CCOC1=c2occ(C)c2=CC(C(Nc2ccc(C(N)=NC(=O)c3cc(N)cc(NC)c3)cc2)C(=O)NS(=O)(=O)N(C)C)CC1. The van der Waals surface area contributed by atoms with Crippen LogP contribution in [0.25, 0.3) is 11.8 Å². The molecule has 0 saturated heterocycles. The molecule has 3 aromatic rings. The summed E-state index contributed by atoms with van der Waals surface area (Å²) in [7, 11) is 0.321. The van der Waals surface area contributed by atoms with Crippen LogP contribution >= 0.6 is 0 Å². The van der Waals surface area contributed by atoms with Crippen molar-refractivity contribution in [3.63, 3.8) is 0 Å². The number of amides is 2. The summed E-state index contributed by atoms with van der Waals surface area (Å²) in [6.45, 7) is 4.22. The predicted molar refractivity (Wildman–Crippen MR) is 175 cm³/mol. The number of amidine groups is 1. The third-order valence-electron chi connectivity index (χ3n) is 7.32.